The van der Waals surface area contributed by atoms with Gasteiger partial charge < -0.3 is 5.32 Å². The fourth-order valence-electron chi connectivity index (χ4n) is 3.71. The van der Waals surface area contributed by atoms with Crippen molar-refractivity contribution in [3.05, 3.63) is 63.4 Å². The summed E-state index contributed by atoms with van der Waals surface area (Å²) in [5.41, 5.74) is 2.27. The Kier molecular flexibility index (Phi) is 7.05. The molecule has 9 heteroatoms. The molecular formula is C24H26ClN5O2S. The number of hydrogen-bond donors (Lipinski definition) is 1. The maximum Gasteiger partial charge on any atom is 0.262 e. The van der Waals surface area contributed by atoms with Crippen LogP contribution in [0, 0.1) is 6.92 Å². The van der Waals surface area contributed by atoms with Gasteiger partial charge in [0.25, 0.3) is 5.56 Å². The largest absolute Gasteiger partial charge is 0.325 e. The van der Waals surface area contributed by atoms with Gasteiger partial charge >= 0.3 is 0 Å². The molecule has 0 saturated heterocycles. The van der Waals surface area contributed by atoms with Crippen LogP contribution < -0.4 is 10.9 Å². The lowest BCUT2D eigenvalue weighted by molar-refractivity contribution is -0.115. The first kappa shape index (κ1) is 23.3. The van der Waals surface area contributed by atoms with Crippen LogP contribution in [-0.4, -0.2) is 30.3 Å². The zero-order chi connectivity index (χ0) is 23.5. The Labute approximate surface area is 201 Å². The predicted octanol–water partition coefficient (Wildman–Crippen LogP) is 5.32. The summed E-state index contributed by atoms with van der Waals surface area (Å²) >= 11 is 7.39. The monoisotopic (exact) mass is 483 g/mol. The lowest BCUT2D eigenvalue weighted by atomic mass is 10.2. The van der Waals surface area contributed by atoms with E-state index in [-0.39, 0.29) is 11.5 Å². The molecule has 1 amide bonds. The first-order valence-electron chi connectivity index (χ1n) is 11.0. The van der Waals surface area contributed by atoms with E-state index in [1.54, 1.807) is 16.7 Å². The van der Waals surface area contributed by atoms with Crippen LogP contribution in [0.2, 0.25) is 5.02 Å². The zero-order valence-corrected chi connectivity index (χ0v) is 20.4. The van der Waals surface area contributed by atoms with Crippen LogP contribution in [-0.2, 0) is 11.3 Å². The van der Waals surface area contributed by atoms with Gasteiger partial charge in [-0.3, -0.25) is 18.6 Å². The summed E-state index contributed by atoms with van der Waals surface area (Å²) < 4.78 is 3.57. The molecule has 1 unspecified atom stereocenters. The molecule has 2 aromatic heterocycles. The van der Waals surface area contributed by atoms with Gasteiger partial charge in [0, 0.05) is 17.3 Å². The Balaban J connectivity index is 1.69. The van der Waals surface area contributed by atoms with Crippen LogP contribution in [0.4, 0.5) is 5.69 Å². The molecule has 0 spiro atoms. The molecule has 4 rings (SSSR count). The number of hydrogen-bond acceptors (Lipinski definition) is 5. The predicted molar refractivity (Wildman–Crippen MR) is 134 cm³/mol. The number of aromatic nitrogens is 4. The van der Waals surface area contributed by atoms with E-state index >= 15 is 0 Å². The summed E-state index contributed by atoms with van der Waals surface area (Å²) in [7, 11) is 0. The topological polar surface area (TPSA) is 81.3 Å². The summed E-state index contributed by atoms with van der Waals surface area (Å²) in [6.45, 7) is 6.44. The van der Waals surface area contributed by atoms with Crippen molar-refractivity contribution < 1.29 is 4.79 Å². The van der Waals surface area contributed by atoms with Crippen LogP contribution >= 0.6 is 23.4 Å². The summed E-state index contributed by atoms with van der Waals surface area (Å²) in [5, 5.41) is 12.9. The van der Waals surface area contributed by atoms with E-state index in [4.69, 9.17) is 11.6 Å². The highest BCUT2D eigenvalue weighted by atomic mass is 35.5. The van der Waals surface area contributed by atoms with Gasteiger partial charge in [0.15, 0.2) is 5.16 Å². The lowest BCUT2D eigenvalue weighted by Crippen LogP contribution is -2.24. The van der Waals surface area contributed by atoms with E-state index < -0.39 is 5.25 Å². The minimum absolute atomic E-state index is 0.0691. The second kappa shape index (κ2) is 9.97. The second-order valence-corrected chi connectivity index (χ2v) is 9.75. The van der Waals surface area contributed by atoms with E-state index in [1.165, 1.54) is 11.8 Å². The smallest absolute Gasteiger partial charge is 0.262 e. The molecule has 0 bridgehead atoms. The summed E-state index contributed by atoms with van der Waals surface area (Å²) in [4.78, 5) is 26.0. The SMILES string of the molecule is CCCCCn1c(=O)c2ccccc2n2c(SC(C)C(=O)Nc3cc(Cl)ccc3C)nnc12. The van der Waals surface area contributed by atoms with Crippen molar-refractivity contribution in [1.29, 1.82) is 0 Å². The van der Waals surface area contributed by atoms with Gasteiger partial charge in [-0.1, -0.05) is 61.3 Å². The molecule has 0 aliphatic rings. The zero-order valence-electron chi connectivity index (χ0n) is 18.8. The van der Waals surface area contributed by atoms with E-state index in [2.05, 4.69) is 22.4 Å². The Morgan fingerprint density at radius 3 is 2.76 bits per heavy atom. The molecule has 0 saturated carbocycles. The number of rotatable bonds is 8. The molecule has 1 atom stereocenters. The molecular weight excluding hydrogens is 458 g/mol. The van der Waals surface area contributed by atoms with Crippen LogP contribution in [0.5, 0.6) is 0 Å². The van der Waals surface area contributed by atoms with Crippen molar-refractivity contribution in [1.82, 2.24) is 19.2 Å². The molecule has 1 N–H and O–H groups in total. The fraction of sp³-hybridized carbons (Fsp3) is 0.333. The first-order valence-corrected chi connectivity index (χ1v) is 12.3. The van der Waals surface area contributed by atoms with Gasteiger partial charge in [0.2, 0.25) is 11.7 Å². The molecule has 172 valence electrons. The first-order chi connectivity index (χ1) is 15.9. The summed E-state index contributed by atoms with van der Waals surface area (Å²) in [6, 6.07) is 12.8. The number of carbonyl (C=O) groups excluding carboxylic acids is 1. The number of thioether (sulfide) groups is 1. The Morgan fingerprint density at radius 2 is 1.97 bits per heavy atom. The molecule has 2 aromatic carbocycles. The third-order valence-electron chi connectivity index (χ3n) is 5.57. The summed E-state index contributed by atoms with van der Waals surface area (Å²) in [5.74, 6) is 0.332. The van der Waals surface area contributed by atoms with Crippen molar-refractivity contribution in [2.24, 2.45) is 0 Å². The van der Waals surface area contributed by atoms with Crippen molar-refractivity contribution in [2.75, 3.05) is 5.32 Å². The number of fused-ring (bicyclic) bond motifs is 3. The molecule has 7 nitrogen and oxygen atoms in total. The van der Waals surface area contributed by atoms with Crippen molar-refractivity contribution in [3.63, 3.8) is 0 Å². The third kappa shape index (κ3) is 4.77. The van der Waals surface area contributed by atoms with Crippen molar-refractivity contribution in [2.45, 2.75) is 57.0 Å². The molecule has 2 heterocycles. The molecule has 0 radical (unpaired) electrons. The molecule has 4 aromatic rings. The number of unbranched alkanes of at least 4 members (excludes halogenated alkanes) is 2. The highest BCUT2D eigenvalue weighted by Gasteiger charge is 2.22. The quantitative estimate of drug-likeness (QED) is 0.271. The van der Waals surface area contributed by atoms with E-state index in [0.717, 1.165) is 30.3 Å². The number of carbonyl (C=O) groups is 1. The highest BCUT2D eigenvalue weighted by Crippen LogP contribution is 2.27. The summed E-state index contributed by atoms with van der Waals surface area (Å²) in [6.07, 6.45) is 2.98. The number of anilines is 1. The van der Waals surface area contributed by atoms with Crippen LogP contribution in [0.3, 0.4) is 0 Å². The molecule has 0 aliphatic carbocycles. The second-order valence-electron chi connectivity index (χ2n) is 8.01. The number of benzene rings is 2. The fourth-order valence-corrected chi connectivity index (χ4v) is 4.73. The van der Waals surface area contributed by atoms with E-state index in [9.17, 15) is 9.59 Å². The molecule has 0 fully saturated rings. The Morgan fingerprint density at radius 1 is 1.18 bits per heavy atom. The maximum absolute atomic E-state index is 13.1. The van der Waals surface area contributed by atoms with Crippen molar-refractivity contribution in [3.8, 4) is 0 Å². The number of para-hydroxylation sites is 1. The van der Waals surface area contributed by atoms with Crippen LogP contribution in [0.1, 0.15) is 38.7 Å². The van der Waals surface area contributed by atoms with Gasteiger partial charge in [-0.2, -0.15) is 0 Å². The number of nitrogens with one attached hydrogen (secondary N) is 1. The van der Waals surface area contributed by atoms with Gasteiger partial charge in [0.05, 0.1) is 16.2 Å². The van der Waals surface area contributed by atoms with Crippen molar-refractivity contribution >= 4 is 51.6 Å². The normalized spacial score (nSPS) is 12.4. The number of aryl methyl sites for hydroxylation is 2. The average Bonchev–Trinajstić information content (AvgIpc) is 3.22. The molecule has 0 aliphatic heterocycles. The van der Waals surface area contributed by atoms with E-state index in [1.807, 2.05) is 48.6 Å². The maximum atomic E-state index is 13.1. The van der Waals surface area contributed by atoms with Gasteiger partial charge in [-0.15, -0.1) is 10.2 Å². The number of amides is 1. The Hall–Kier alpha value is -2.84. The van der Waals surface area contributed by atoms with Gasteiger partial charge in [-0.05, 0) is 50.1 Å². The third-order valence-corrected chi connectivity index (χ3v) is 6.85. The van der Waals surface area contributed by atoms with Crippen LogP contribution in [0.25, 0.3) is 16.7 Å². The van der Waals surface area contributed by atoms with E-state index in [0.29, 0.717) is 33.6 Å². The number of nitrogens with zero attached hydrogens (tertiary/aromatic N) is 4. The number of halogens is 1. The average molecular weight is 484 g/mol. The lowest BCUT2D eigenvalue weighted by Gasteiger charge is -2.14. The minimum Gasteiger partial charge on any atom is -0.325 e. The highest BCUT2D eigenvalue weighted by molar-refractivity contribution is 8.00. The Bertz CT molecular complexity index is 1380. The van der Waals surface area contributed by atoms with Gasteiger partial charge in [0.1, 0.15) is 0 Å². The minimum atomic E-state index is -0.449. The molecule has 33 heavy (non-hydrogen) atoms. The van der Waals surface area contributed by atoms with Crippen LogP contribution in [0.15, 0.2) is 52.4 Å². The standard InChI is InChI=1S/C24H26ClN5O2S/c1-4-5-8-13-29-22(32)18-9-6-7-10-20(18)30-23(29)27-28-24(30)33-16(3)21(31)26-19-14-17(25)12-11-15(19)2/h6-7,9-12,14,16H,4-5,8,13H2,1-3H3,(H,26,31). The van der Waals surface area contributed by atoms with Gasteiger partial charge in [-0.25, -0.2) is 0 Å².